The van der Waals surface area contributed by atoms with Gasteiger partial charge in [0.1, 0.15) is 6.10 Å². The quantitative estimate of drug-likeness (QED) is 0.831. The molecule has 2 fully saturated rings. The van der Waals surface area contributed by atoms with Crippen LogP contribution in [-0.4, -0.2) is 42.0 Å². The smallest absolute Gasteiger partial charge is 0.399 e. The molecule has 2 aliphatic heterocycles. The summed E-state index contributed by atoms with van der Waals surface area (Å²) in [5.41, 5.74) is 0.980. The van der Waals surface area contributed by atoms with Crippen molar-refractivity contribution in [1.29, 1.82) is 0 Å². The third kappa shape index (κ3) is 2.45. The molecule has 0 aliphatic carbocycles. The maximum atomic E-state index is 11.8. The minimum Gasteiger partial charge on any atom is -0.399 e. The van der Waals surface area contributed by atoms with E-state index in [1.54, 1.807) is 4.90 Å². The molecule has 2 heterocycles. The topological polar surface area (TPSA) is 59.0 Å². The molecular formula is C16H22BNO4. The molecule has 1 N–H and O–H groups in total. The van der Waals surface area contributed by atoms with Crippen molar-refractivity contribution in [2.45, 2.75) is 51.4 Å². The van der Waals surface area contributed by atoms with E-state index in [0.717, 1.165) is 11.2 Å². The van der Waals surface area contributed by atoms with Crippen LogP contribution >= 0.6 is 0 Å². The molecule has 0 aromatic heterocycles. The van der Waals surface area contributed by atoms with Gasteiger partial charge in [0.05, 0.1) is 11.2 Å². The summed E-state index contributed by atoms with van der Waals surface area (Å²) in [5.74, 6) is -0.233. The molecule has 2 saturated heterocycles. The van der Waals surface area contributed by atoms with E-state index in [0.29, 0.717) is 13.0 Å². The largest absolute Gasteiger partial charge is 0.494 e. The summed E-state index contributed by atoms with van der Waals surface area (Å²) < 4.78 is 12.0. The summed E-state index contributed by atoms with van der Waals surface area (Å²) in [5, 5.41) is 9.54. The van der Waals surface area contributed by atoms with E-state index in [2.05, 4.69) is 0 Å². The zero-order valence-corrected chi connectivity index (χ0v) is 13.5. The Morgan fingerprint density at radius 1 is 1.14 bits per heavy atom. The molecule has 1 aromatic rings. The van der Waals surface area contributed by atoms with Gasteiger partial charge >= 0.3 is 7.12 Å². The number of hydrogen-bond donors (Lipinski definition) is 1. The average Bonchev–Trinajstić information content (AvgIpc) is 2.88. The lowest BCUT2D eigenvalue weighted by atomic mass is 9.79. The van der Waals surface area contributed by atoms with Gasteiger partial charge in [0.2, 0.25) is 0 Å². The number of benzene rings is 1. The normalized spacial score (nSPS) is 26.8. The molecule has 6 heteroatoms. The molecule has 5 nitrogen and oxygen atoms in total. The molecule has 0 bridgehead atoms. The number of aliphatic hydroxyl groups is 1. The molecule has 3 rings (SSSR count). The lowest BCUT2D eigenvalue weighted by molar-refractivity contribution is -0.123. The zero-order chi connectivity index (χ0) is 16.1. The van der Waals surface area contributed by atoms with Crippen LogP contribution in [0, 0.1) is 0 Å². The van der Waals surface area contributed by atoms with Crippen LogP contribution in [0.25, 0.3) is 0 Å². The molecule has 118 valence electrons. The highest BCUT2D eigenvalue weighted by Crippen LogP contribution is 2.36. The minimum absolute atomic E-state index is 0.233. The fourth-order valence-electron chi connectivity index (χ4n) is 2.71. The molecule has 2 aliphatic rings. The SMILES string of the molecule is CC1(C)OB(c2ccc(N3CCC(O)C3=O)cc2)OC1(C)C. The number of carbonyl (C=O) groups is 1. The van der Waals surface area contributed by atoms with Gasteiger partial charge in [-0.15, -0.1) is 0 Å². The lowest BCUT2D eigenvalue weighted by Crippen LogP contribution is -2.41. The summed E-state index contributed by atoms with van der Waals surface area (Å²) in [6.45, 7) is 8.63. The van der Waals surface area contributed by atoms with Crippen molar-refractivity contribution in [3.8, 4) is 0 Å². The van der Waals surface area contributed by atoms with Crippen LogP contribution in [0.5, 0.6) is 0 Å². The zero-order valence-electron chi connectivity index (χ0n) is 13.5. The molecule has 1 atom stereocenters. The first kappa shape index (κ1) is 15.5. The first-order valence-electron chi connectivity index (χ1n) is 7.66. The number of nitrogens with zero attached hydrogens (tertiary/aromatic N) is 1. The van der Waals surface area contributed by atoms with Crippen LogP contribution in [0.15, 0.2) is 24.3 Å². The number of amides is 1. The van der Waals surface area contributed by atoms with Crippen LogP contribution in [0.2, 0.25) is 0 Å². The minimum atomic E-state index is -0.872. The van der Waals surface area contributed by atoms with Gasteiger partial charge < -0.3 is 19.3 Å². The van der Waals surface area contributed by atoms with Gasteiger partial charge in [-0.2, -0.15) is 0 Å². The van der Waals surface area contributed by atoms with Gasteiger partial charge in [-0.05, 0) is 45.3 Å². The Bertz CT molecular complexity index is 568. The molecule has 1 aromatic carbocycles. The predicted molar refractivity (Wildman–Crippen MR) is 85.1 cm³/mol. The molecule has 0 saturated carbocycles. The number of hydrogen-bond acceptors (Lipinski definition) is 4. The van der Waals surface area contributed by atoms with E-state index >= 15 is 0 Å². The van der Waals surface area contributed by atoms with Crippen molar-refractivity contribution in [3.05, 3.63) is 24.3 Å². The number of anilines is 1. The van der Waals surface area contributed by atoms with E-state index < -0.39 is 13.2 Å². The van der Waals surface area contributed by atoms with Crippen molar-refractivity contribution in [3.63, 3.8) is 0 Å². The van der Waals surface area contributed by atoms with Crippen LogP contribution in [0.3, 0.4) is 0 Å². The van der Waals surface area contributed by atoms with Gasteiger partial charge in [-0.25, -0.2) is 0 Å². The Morgan fingerprint density at radius 3 is 2.14 bits per heavy atom. The Kier molecular flexibility index (Phi) is 3.59. The Hall–Kier alpha value is -1.37. The van der Waals surface area contributed by atoms with Crippen molar-refractivity contribution in [1.82, 2.24) is 0 Å². The number of rotatable bonds is 2. The van der Waals surface area contributed by atoms with E-state index in [1.165, 1.54) is 0 Å². The van der Waals surface area contributed by atoms with E-state index in [9.17, 15) is 9.90 Å². The number of aliphatic hydroxyl groups excluding tert-OH is 1. The Balaban J connectivity index is 1.77. The third-order valence-electron chi connectivity index (χ3n) is 4.91. The average molecular weight is 303 g/mol. The summed E-state index contributed by atoms with van der Waals surface area (Å²) in [4.78, 5) is 13.5. The van der Waals surface area contributed by atoms with Crippen molar-refractivity contribution < 1.29 is 19.2 Å². The molecule has 0 spiro atoms. The summed E-state index contributed by atoms with van der Waals surface area (Å²) in [6.07, 6.45) is -0.388. The monoisotopic (exact) mass is 303 g/mol. The molecule has 0 radical (unpaired) electrons. The van der Waals surface area contributed by atoms with E-state index in [4.69, 9.17) is 9.31 Å². The standard InChI is InChI=1S/C16H22BNO4/c1-15(2)16(3,4)22-17(21-15)11-5-7-12(8-6-11)18-10-9-13(19)14(18)20/h5-8,13,19H,9-10H2,1-4H3. The maximum absolute atomic E-state index is 11.8. The summed E-state index contributed by atoms with van der Waals surface area (Å²) in [7, 11) is -0.404. The third-order valence-corrected chi connectivity index (χ3v) is 4.91. The number of carbonyl (C=O) groups excluding carboxylic acids is 1. The van der Waals surface area contributed by atoms with Gasteiger partial charge in [0.25, 0.3) is 5.91 Å². The van der Waals surface area contributed by atoms with E-state index in [-0.39, 0.29) is 17.1 Å². The first-order valence-corrected chi connectivity index (χ1v) is 7.66. The lowest BCUT2D eigenvalue weighted by Gasteiger charge is -2.32. The van der Waals surface area contributed by atoms with Crippen LogP contribution in [0.4, 0.5) is 5.69 Å². The van der Waals surface area contributed by atoms with Gasteiger partial charge in [-0.1, -0.05) is 12.1 Å². The molecular weight excluding hydrogens is 281 g/mol. The molecule has 22 heavy (non-hydrogen) atoms. The molecule has 1 amide bonds. The highest BCUT2D eigenvalue weighted by molar-refractivity contribution is 6.62. The predicted octanol–water partition coefficient (Wildman–Crippen LogP) is 1.08. The van der Waals surface area contributed by atoms with Crippen LogP contribution in [-0.2, 0) is 14.1 Å². The second-order valence-electron chi connectivity index (χ2n) is 6.97. The summed E-state index contributed by atoms with van der Waals surface area (Å²) in [6, 6.07) is 7.57. The second-order valence-corrected chi connectivity index (χ2v) is 6.97. The fraction of sp³-hybridized carbons (Fsp3) is 0.562. The van der Waals surface area contributed by atoms with Crippen LogP contribution < -0.4 is 10.4 Å². The first-order chi connectivity index (χ1) is 10.2. The van der Waals surface area contributed by atoms with E-state index in [1.807, 2.05) is 52.0 Å². The van der Waals surface area contributed by atoms with Crippen molar-refractivity contribution >= 4 is 24.2 Å². The van der Waals surface area contributed by atoms with Crippen molar-refractivity contribution in [2.24, 2.45) is 0 Å². The maximum Gasteiger partial charge on any atom is 0.494 e. The summed E-state index contributed by atoms with van der Waals surface area (Å²) >= 11 is 0. The Labute approximate surface area is 131 Å². The Morgan fingerprint density at radius 2 is 1.68 bits per heavy atom. The molecule has 1 unspecified atom stereocenters. The van der Waals surface area contributed by atoms with Gasteiger partial charge in [0.15, 0.2) is 0 Å². The highest BCUT2D eigenvalue weighted by atomic mass is 16.7. The van der Waals surface area contributed by atoms with Gasteiger partial charge in [0, 0.05) is 18.7 Å². The van der Waals surface area contributed by atoms with Crippen molar-refractivity contribution in [2.75, 3.05) is 11.4 Å². The van der Waals surface area contributed by atoms with Crippen LogP contribution in [0.1, 0.15) is 34.1 Å². The van der Waals surface area contributed by atoms with Gasteiger partial charge in [-0.3, -0.25) is 4.79 Å². The second kappa shape index (κ2) is 5.08. The fourth-order valence-corrected chi connectivity index (χ4v) is 2.71. The highest BCUT2D eigenvalue weighted by Gasteiger charge is 2.51.